The second-order valence-corrected chi connectivity index (χ2v) is 15.4. The normalized spacial score (nSPS) is 13.3. The first-order chi connectivity index (χ1) is 20.6. The Labute approximate surface area is 251 Å². The van der Waals surface area contributed by atoms with Gasteiger partial charge in [-0.15, -0.1) is 0 Å². The second kappa shape index (κ2) is 11.3. The van der Waals surface area contributed by atoms with Gasteiger partial charge < -0.3 is 4.74 Å². The summed E-state index contributed by atoms with van der Waals surface area (Å²) < 4.78 is 6.74. The fourth-order valence-electron chi connectivity index (χ4n) is 6.13. The molecule has 0 aromatic heterocycles. The third-order valence-electron chi connectivity index (χ3n) is 8.05. The van der Waals surface area contributed by atoms with E-state index in [4.69, 9.17) is 4.74 Å². The summed E-state index contributed by atoms with van der Waals surface area (Å²) in [6.07, 6.45) is 0. The third-order valence-corrected chi connectivity index (χ3v) is 13.2. The molecule has 0 radical (unpaired) electrons. The van der Waals surface area contributed by atoms with Crippen molar-refractivity contribution in [3.05, 3.63) is 169 Å². The first-order valence-corrected chi connectivity index (χ1v) is 17.1. The van der Waals surface area contributed by atoms with Crippen molar-refractivity contribution in [1.29, 1.82) is 0 Å². The molecule has 6 aromatic rings. The highest BCUT2D eigenvalue weighted by atomic mass is 31.1. The quantitative estimate of drug-likeness (QED) is 0.185. The van der Waals surface area contributed by atoms with Gasteiger partial charge in [-0.25, -0.2) is 0 Å². The highest BCUT2D eigenvalue weighted by Crippen LogP contribution is 2.51. The number of hydrogen-bond donors (Lipinski definition) is 0. The van der Waals surface area contributed by atoms with E-state index in [2.05, 4.69) is 172 Å². The topological polar surface area (TPSA) is 9.23 Å². The van der Waals surface area contributed by atoms with Gasteiger partial charge in [0.15, 0.2) is 0 Å². The van der Waals surface area contributed by atoms with Gasteiger partial charge in [0.1, 0.15) is 11.5 Å². The number of ether oxygens (including phenoxy) is 1. The summed E-state index contributed by atoms with van der Waals surface area (Å²) in [7, 11) is -1.75. The van der Waals surface area contributed by atoms with Gasteiger partial charge in [0.05, 0.1) is 0 Å². The van der Waals surface area contributed by atoms with Gasteiger partial charge in [-0.1, -0.05) is 153 Å². The maximum absolute atomic E-state index is 6.74. The van der Waals surface area contributed by atoms with E-state index in [-0.39, 0.29) is 5.41 Å². The van der Waals surface area contributed by atoms with E-state index in [9.17, 15) is 0 Å². The summed E-state index contributed by atoms with van der Waals surface area (Å²) in [5, 5.41) is 8.21. The highest BCUT2D eigenvalue weighted by Gasteiger charge is 2.40. The molecule has 0 spiro atoms. The van der Waals surface area contributed by atoms with Crippen LogP contribution >= 0.6 is 15.8 Å². The zero-order chi connectivity index (χ0) is 28.5. The summed E-state index contributed by atoms with van der Waals surface area (Å²) in [6, 6.07) is 57.4. The first kappa shape index (κ1) is 26.9. The van der Waals surface area contributed by atoms with Crippen LogP contribution in [0.25, 0.3) is 0 Å². The molecule has 1 nitrogen and oxygen atoms in total. The molecule has 0 fully saturated rings. The monoisotopic (exact) mass is 578 g/mol. The molecule has 0 amide bonds. The zero-order valence-electron chi connectivity index (χ0n) is 23.8. The van der Waals surface area contributed by atoms with Crippen molar-refractivity contribution in [3.8, 4) is 11.5 Å². The van der Waals surface area contributed by atoms with Crippen molar-refractivity contribution in [1.82, 2.24) is 0 Å². The molecule has 42 heavy (non-hydrogen) atoms. The van der Waals surface area contributed by atoms with Crippen LogP contribution in [0.3, 0.4) is 0 Å². The van der Waals surface area contributed by atoms with Crippen LogP contribution < -0.4 is 36.6 Å². The van der Waals surface area contributed by atoms with Gasteiger partial charge in [0.2, 0.25) is 0 Å². The SMILES string of the molecule is CC1(C)c2ccccc2Oc2ccc(P(c3ccccc3)c3ccccc3)c(P(c3ccccc3)c3ccccc3)c21. The molecular weight excluding hydrogens is 546 g/mol. The van der Waals surface area contributed by atoms with Crippen LogP contribution in [0.4, 0.5) is 0 Å². The fraction of sp³-hybridized carbons (Fsp3) is 0.0769. The summed E-state index contributed by atoms with van der Waals surface area (Å²) in [4.78, 5) is 0. The molecule has 3 heteroatoms. The molecule has 6 aromatic carbocycles. The molecule has 204 valence electrons. The maximum Gasteiger partial charge on any atom is 0.132 e. The molecule has 0 aliphatic carbocycles. The van der Waals surface area contributed by atoms with Gasteiger partial charge in [-0.05, 0) is 60.6 Å². The van der Waals surface area contributed by atoms with Crippen molar-refractivity contribution in [2.75, 3.05) is 0 Å². The van der Waals surface area contributed by atoms with Crippen molar-refractivity contribution in [3.63, 3.8) is 0 Å². The van der Waals surface area contributed by atoms with Gasteiger partial charge >= 0.3 is 0 Å². The van der Waals surface area contributed by atoms with Crippen LogP contribution in [0.15, 0.2) is 158 Å². The summed E-state index contributed by atoms with van der Waals surface area (Å²) in [6.45, 7) is 4.74. The second-order valence-electron chi connectivity index (χ2n) is 11.0. The Balaban J connectivity index is 1.60. The van der Waals surface area contributed by atoms with E-state index in [0.717, 1.165) is 11.5 Å². The van der Waals surface area contributed by atoms with Crippen LogP contribution in [-0.4, -0.2) is 0 Å². The minimum atomic E-state index is -0.906. The summed E-state index contributed by atoms with van der Waals surface area (Å²) in [5.41, 5.74) is 2.28. The summed E-state index contributed by atoms with van der Waals surface area (Å²) in [5.74, 6) is 1.92. The minimum absolute atomic E-state index is 0.256. The maximum atomic E-state index is 6.74. The Kier molecular flexibility index (Phi) is 7.25. The van der Waals surface area contributed by atoms with Gasteiger partial charge in [0.25, 0.3) is 0 Å². The number of rotatable bonds is 6. The minimum Gasteiger partial charge on any atom is -0.457 e. The number of para-hydroxylation sites is 1. The zero-order valence-corrected chi connectivity index (χ0v) is 25.6. The standard InChI is InChI=1S/C39H32OP2/c1-39(2)33-25-15-16-26-34(33)40-35-27-28-36(41(29-17-7-3-8-18-29)30-19-9-4-10-20-30)38(37(35)39)42(31-21-11-5-12-22-31)32-23-13-6-14-24-32/h3-28H,1-2H3. The van der Waals surface area contributed by atoms with E-state index in [0.29, 0.717) is 0 Å². The Bertz CT molecular complexity index is 1740. The molecule has 7 rings (SSSR count). The highest BCUT2D eigenvalue weighted by molar-refractivity contribution is 7.85. The molecule has 0 unspecified atom stereocenters. The van der Waals surface area contributed by atoms with Crippen LogP contribution in [0.1, 0.15) is 25.0 Å². The molecule has 0 N–H and O–H groups in total. The van der Waals surface area contributed by atoms with E-state index in [1.807, 2.05) is 0 Å². The van der Waals surface area contributed by atoms with Crippen molar-refractivity contribution in [2.45, 2.75) is 19.3 Å². The third kappa shape index (κ3) is 4.78. The average Bonchev–Trinajstić information content (AvgIpc) is 3.04. The van der Waals surface area contributed by atoms with Crippen LogP contribution in [0.2, 0.25) is 0 Å². The van der Waals surface area contributed by atoms with Crippen molar-refractivity contribution in [2.24, 2.45) is 0 Å². The Morgan fingerprint density at radius 1 is 0.429 bits per heavy atom. The molecular formula is C39H32OP2. The molecule has 0 bridgehead atoms. The summed E-state index contributed by atoms with van der Waals surface area (Å²) >= 11 is 0. The van der Waals surface area contributed by atoms with Gasteiger partial charge in [-0.3, -0.25) is 0 Å². The lowest BCUT2D eigenvalue weighted by atomic mass is 9.76. The lowest BCUT2D eigenvalue weighted by Crippen LogP contribution is -2.42. The average molecular weight is 579 g/mol. The van der Waals surface area contributed by atoms with Gasteiger partial charge in [-0.2, -0.15) is 0 Å². The number of hydrogen-bond acceptors (Lipinski definition) is 1. The first-order valence-electron chi connectivity index (χ1n) is 14.4. The lowest BCUT2D eigenvalue weighted by molar-refractivity contribution is 0.420. The smallest absolute Gasteiger partial charge is 0.132 e. The molecule has 1 heterocycles. The molecule has 0 saturated heterocycles. The van der Waals surface area contributed by atoms with Crippen molar-refractivity contribution >= 4 is 47.7 Å². The number of fused-ring (bicyclic) bond motifs is 2. The van der Waals surface area contributed by atoms with E-state index >= 15 is 0 Å². The van der Waals surface area contributed by atoms with Crippen LogP contribution in [0.5, 0.6) is 11.5 Å². The molecule has 0 saturated carbocycles. The largest absolute Gasteiger partial charge is 0.457 e. The van der Waals surface area contributed by atoms with Crippen molar-refractivity contribution < 1.29 is 4.74 Å². The van der Waals surface area contributed by atoms with Gasteiger partial charge in [0, 0.05) is 21.8 Å². The van der Waals surface area contributed by atoms with Crippen LogP contribution in [0, 0.1) is 0 Å². The predicted octanol–water partition coefficient (Wildman–Crippen LogP) is 7.63. The van der Waals surface area contributed by atoms with E-state index < -0.39 is 15.8 Å². The lowest BCUT2D eigenvalue weighted by Gasteiger charge is -2.40. The van der Waals surface area contributed by atoms with Crippen LogP contribution in [-0.2, 0) is 5.41 Å². The molecule has 1 aliphatic heterocycles. The Morgan fingerprint density at radius 3 is 1.36 bits per heavy atom. The molecule has 0 atom stereocenters. The van der Waals surface area contributed by atoms with E-state index in [1.54, 1.807) is 0 Å². The molecule has 1 aliphatic rings. The Morgan fingerprint density at radius 2 is 0.857 bits per heavy atom. The predicted molar refractivity (Wildman–Crippen MR) is 182 cm³/mol. The number of benzene rings is 6. The van der Waals surface area contributed by atoms with E-state index in [1.165, 1.54) is 43.0 Å². The Hall–Kier alpha value is -4.02. The fourth-order valence-corrected chi connectivity index (χ4v) is 11.7.